The zero-order valence-electron chi connectivity index (χ0n) is 43.3. The first kappa shape index (κ1) is 51.7. The predicted octanol–water partition coefficient (Wildman–Crippen LogP) is 21.8. The Morgan fingerprint density at radius 1 is 0.256 bits per heavy atom. The van der Waals surface area contributed by atoms with Gasteiger partial charge >= 0.3 is 0 Å². The van der Waals surface area contributed by atoms with Gasteiger partial charge in [-0.2, -0.15) is 0 Å². The zero-order valence-corrected chi connectivity index (χ0v) is 52.8. The van der Waals surface area contributed by atoms with Gasteiger partial charge in [0.2, 0.25) is 0 Å². The molecule has 1 aromatic heterocycles. The van der Waals surface area contributed by atoms with Gasteiger partial charge in [-0.15, -0.1) is 0 Å². The van der Waals surface area contributed by atoms with Crippen LogP contribution in [0.1, 0.15) is 74.9 Å². The summed E-state index contributed by atoms with van der Waals surface area (Å²) < 4.78 is 6.30. The molecule has 0 saturated heterocycles. The fourth-order valence-corrected chi connectivity index (χ4v) is 14.1. The van der Waals surface area contributed by atoms with Gasteiger partial charge in [0, 0.05) is 76.8 Å². The molecule has 6 nitrogen and oxygen atoms in total. The summed E-state index contributed by atoms with van der Waals surface area (Å²) in [5.74, 6) is 1.74. The van der Waals surface area contributed by atoms with E-state index >= 15 is 0 Å². The fraction of sp³-hybridized carbons (Fsp3) is 0.136. The molecular formula is C66H48Br6N6. The van der Waals surface area contributed by atoms with Crippen molar-refractivity contribution in [2.24, 2.45) is 0 Å². The summed E-state index contributed by atoms with van der Waals surface area (Å²) >= 11 is 22.7. The molecule has 384 valence electrons. The average molecular weight is 1400 g/mol. The molecule has 0 saturated carbocycles. The van der Waals surface area contributed by atoms with Gasteiger partial charge in [-0.25, -0.2) is 15.0 Å². The topological polar surface area (TPSA) is 48.4 Å². The lowest BCUT2D eigenvalue weighted by Gasteiger charge is -2.42. The maximum atomic E-state index is 5.29. The van der Waals surface area contributed by atoms with Crippen molar-refractivity contribution in [3.63, 3.8) is 0 Å². The highest BCUT2D eigenvalue weighted by Gasteiger charge is 2.40. The van der Waals surface area contributed by atoms with E-state index in [2.05, 4.69) is 334 Å². The van der Waals surface area contributed by atoms with Crippen LogP contribution in [-0.2, 0) is 16.2 Å². The van der Waals surface area contributed by atoms with Crippen molar-refractivity contribution >= 4 is 147 Å². The second-order valence-corrected chi connectivity index (χ2v) is 27.3. The number of benzene rings is 9. The Kier molecular flexibility index (Phi) is 12.7. The quantitative estimate of drug-likeness (QED) is 0.165. The lowest BCUT2D eigenvalue weighted by molar-refractivity contribution is 0.631. The number of hydrogen-bond acceptors (Lipinski definition) is 6. The standard InChI is InChI=1S/C66H48Br6N6/c1-64(2)49-31-40(67)13-25-55(49)76(56-26-14-41(68)32-50(56)64)46-19-7-37(8-20-46)61-73-62(38-9-21-47(22-10-38)77-57-27-15-42(69)33-51(57)65(3,4)52-34-43(70)16-28-58(52)77)75-63(74-61)39-11-23-48(24-12-39)78-59-29-17-44(71)35-53(59)66(5,6)54-36-45(72)18-30-60(54)78/h7-36H,1-6H3. The Labute approximate surface area is 505 Å². The lowest BCUT2D eigenvalue weighted by Crippen LogP contribution is -2.30. The van der Waals surface area contributed by atoms with Crippen LogP contribution in [-0.4, -0.2) is 15.0 Å². The molecule has 78 heavy (non-hydrogen) atoms. The van der Waals surface area contributed by atoms with Crippen molar-refractivity contribution in [2.75, 3.05) is 14.7 Å². The third-order valence-electron chi connectivity index (χ3n) is 16.0. The molecule has 3 aliphatic heterocycles. The number of halogens is 6. The molecule has 0 bridgehead atoms. The molecule has 0 atom stereocenters. The monoisotopic (exact) mass is 1400 g/mol. The van der Waals surface area contributed by atoms with Gasteiger partial charge in [-0.05, 0) is 215 Å². The lowest BCUT2D eigenvalue weighted by atomic mass is 9.73. The third kappa shape index (κ3) is 8.58. The van der Waals surface area contributed by atoms with Gasteiger partial charge in [0.05, 0.1) is 34.1 Å². The Bertz CT molecular complexity index is 3500. The van der Waals surface area contributed by atoms with Gasteiger partial charge in [0.1, 0.15) is 0 Å². The normalized spacial score (nSPS) is 15.2. The SMILES string of the molecule is CC1(C)c2cc(Br)ccc2N(c2ccc(-c3nc(-c4ccc(N5c6ccc(Br)cc6C(C)(C)c6cc(Br)ccc65)cc4)nc(-c4ccc(N5c6ccc(Br)cc6C(C)(C)c6cc(Br)ccc65)cc4)n3)cc2)c2ccc(Br)cc21. The summed E-state index contributed by atoms with van der Waals surface area (Å²) in [6.07, 6.45) is 0. The van der Waals surface area contributed by atoms with Crippen LogP contribution in [0.25, 0.3) is 34.2 Å². The van der Waals surface area contributed by atoms with E-state index in [1.807, 2.05) is 0 Å². The van der Waals surface area contributed by atoms with Crippen LogP contribution in [0.4, 0.5) is 51.2 Å². The van der Waals surface area contributed by atoms with E-state index in [1.165, 1.54) is 33.4 Å². The minimum Gasteiger partial charge on any atom is -0.310 e. The Morgan fingerprint density at radius 2 is 0.436 bits per heavy atom. The predicted molar refractivity (Wildman–Crippen MR) is 343 cm³/mol. The van der Waals surface area contributed by atoms with E-state index in [0.29, 0.717) is 17.5 Å². The number of anilines is 9. The molecule has 4 heterocycles. The second kappa shape index (κ2) is 19.2. The van der Waals surface area contributed by atoms with Crippen molar-refractivity contribution in [1.82, 2.24) is 15.0 Å². The second-order valence-electron chi connectivity index (χ2n) is 21.8. The van der Waals surface area contributed by atoms with Crippen LogP contribution in [0, 0.1) is 0 Å². The first-order valence-corrected chi connectivity index (χ1v) is 30.4. The number of fused-ring (bicyclic) bond motifs is 6. The van der Waals surface area contributed by atoms with Crippen LogP contribution in [0.2, 0.25) is 0 Å². The largest absolute Gasteiger partial charge is 0.310 e. The van der Waals surface area contributed by atoms with Crippen molar-refractivity contribution in [3.8, 4) is 34.2 Å². The van der Waals surface area contributed by atoms with Crippen molar-refractivity contribution < 1.29 is 0 Å². The molecule has 0 unspecified atom stereocenters. The maximum absolute atomic E-state index is 5.29. The van der Waals surface area contributed by atoms with E-state index in [1.54, 1.807) is 0 Å². The van der Waals surface area contributed by atoms with Crippen molar-refractivity contribution in [3.05, 3.63) is 242 Å². The third-order valence-corrected chi connectivity index (χ3v) is 19.0. The van der Waals surface area contributed by atoms with Crippen LogP contribution in [0.5, 0.6) is 0 Å². The first-order valence-electron chi connectivity index (χ1n) is 25.6. The van der Waals surface area contributed by atoms with Gasteiger partial charge in [-0.1, -0.05) is 137 Å². The smallest absolute Gasteiger partial charge is 0.164 e. The van der Waals surface area contributed by atoms with E-state index in [-0.39, 0.29) is 16.2 Å². The maximum Gasteiger partial charge on any atom is 0.164 e. The molecule has 0 N–H and O–H groups in total. The molecule has 0 spiro atoms. The molecule has 0 aliphatic carbocycles. The van der Waals surface area contributed by atoms with Gasteiger partial charge in [0.15, 0.2) is 17.5 Å². The molecule has 0 radical (unpaired) electrons. The van der Waals surface area contributed by atoms with Crippen LogP contribution >= 0.6 is 95.6 Å². The fourth-order valence-electron chi connectivity index (χ4n) is 11.9. The Hall–Kier alpha value is -5.73. The van der Waals surface area contributed by atoms with Crippen LogP contribution in [0.3, 0.4) is 0 Å². The summed E-state index contributed by atoms with van der Waals surface area (Å²) in [5, 5.41) is 0. The Balaban J connectivity index is 0.923. The zero-order chi connectivity index (χ0) is 54.2. The molecule has 12 heteroatoms. The molecule has 0 fully saturated rings. The van der Waals surface area contributed by atoms with E-state index in [4.69, 9.17) is 15.0 Å². The molecule has 3 aliphatic rings. The first-order chi connectivity index (χ1) is 37.3. The van der Waals surface area contributed by atoms with Gasteiger partial charge in [0.25, 0.3) is 0 Å². The summed E-state index contributed by atoms with van der Waals surface area (Å²) in [6.45, 7) is 13.8. The molecular weight excluding hydrogens is 1360 g/mol. The number of rotatable bonds is 6. The number of nitrogens with zero attached hydrogens (tertiary/aromatic N) is 6. The highest BCUT2D eigenvalue weighted by atomic mass is 79.9. The van der Waals surface area contributed by atoms with E-state index < -0.39 is 0 Å². The van der Waals surface area contributed by atoms with Gasteiger partial charge in [-0.3, -0.25) is 0 Å². The minimum atomic E-state index is -0.230. The number of hydrogen-bond donors (Lipinski definition) is 0. The summed E-state index contributed by atoms with van der Waals surface area (Å²) in [4.78, 5) is 22.9. The van der Waals surface area contributed by atoms with Gasteiger partial charge < -0.3 is 14.7 Å². The molecule has 9 aromatic carbocycles. The number of aromatic nitrogens is 3. The minimum absolute atomic E-state index is 0.230. The Morgan fingerprint density at radius 3 is 0.615 bits per heavy atom. The van der Waals surface area contributed by atoms with E-state index in [0.717, 1.165) is 94.7 Å². The van der Waals surface area contributed by atoms with Crippen LogP contribution < -0.4 is 14.7 Å². The highest BCUT2D eigenvalue weighted by Crippen LogP contribution is 2.56. The molecule has 10 aromatic rings. The van der Waals surface area contributed by atoms with Crippen LogP contribution in [0.15, 0.2) is 209 Å². The van der Waals surface area contributed by atoms with Crippen molar-refractivity contribution in [2.45, 2.75) is 57.8 Å². The highest BCUT2D eigenvalue weighted by molar-refractivity contribution is 9.11. The van der Waals surface area contributed by atoms with Crippen molar-refractivity contribution in [1.29, 1.82) is 0 Å². The summed E-state index contributed by atoms with van der Waals surface area (Å²) in [6, 6.07) is 65.4. The summed E-state index contributed by atoms with van der Waals surface area (Å²) in [7, 11) is 0. The average Bonchev–Trinajstić information content (AvgIpc) is 3.63. The summed E-state index contributed by atoms with van der Waals surface area (Å²) in [5.41, 5.74) is 19.4. The molecule has 13 rings (SSSR count). The van der Waals surface area contributed by atoms with E-state index in [9.17, 15) is 0 Å². The molecule has 0 amide bonds.